The summed E-state index contributed by atoms with van der Waals surface area (Å²) in [6, 6.07) is 24.9. The Hall–Kier alpha value is -1.86. The fourth-order valence-electron chi connectivity index (χ4n) is 4.62. The van der Waals surface area contributed by atoms with Crippen molar-refractivity contribution in [1.82, 2.24) is 0 Å². The summed E-state index contributed by atoms with van der Waals surface area (Å²) in [5.41, 5.74) is 9.00. The molecule has 0 heterocycles. The third-order valence-electron chi connectivity index (χ3n) is 5.92. The van der Waals surface area contributed by atoms with Gasteiger partial charge in [0, 0.05) is 0 Å². The first kappa shape index (κ1) is 15.4. The molecule has 0 fully saturated rings. The van der Waals surface area contributed by atoms with Crippen molar-refractivity contribution in [2.75, 3.05) is 0 Å². The maximum atomic E-state index is 2.61. The molecule has 0 saturated heterocycles. The van der Waals surface area contributed by atoms with E-state index in [2.05, 4.69) is 89.2 Å². The Kier molecular flexibility index (Phi) is 3.43. The van der Waals surface area contributed by atoms with E-state index in [1.54, 1.807) is 14.9 Å². The van der Waals surface area contributed by atoms with Crippen molar-refractivity contribution in [2.24, 2.45) is 0 Å². The average molecular weight is 403 g/mol. The van der Waals surface area contributed by atoms with Crippen LogP contribution in [0.5, 0.6) is 0 Å². The molecule has 3 aromatic carbocycles. The van der Waals surface area contributed by atoms with Crippen LogP contribution in [0, 0.1) is 0 Å². The van der Waals surface area contributed by atoms with E-state index in [0.29, 0.717) is 4.14 Å². The van der Waals surface area contributed by atoms with Gasteiger partial charge in [-0.15, -0.1) is 0 Å². The molecular formula is C24H22Nb. The minimum atomic E-state index is -2.45. The molecule has 1 atom stereocenters. The van der Waals surface area contributed by atoms with Crippen molar-refractivity contribution in [3.05, 3.63) is 95.1 Å². The van der Waals surface area contributed by atoms with Crippen LogP contribution in [0.1, 0.15) is 26.4 Å². The van der Waals surface area contributed by atoms with Crippen molar-refractivity contribution in [3.8, 4) is 11.1 Å². The van der Waals surface area contributed by atoms with Crippen LogP contribution in [0.15, 0.2) is 72.8 Å². The summed E-state index contributed by atoms with van der Waals surface area (Å²) < 4.78 is 2.32. The fourth-order valence-corrected chi connectivity index (χ4v) is 12.3. The van der Waals surface area contributed by atoms with Crippen LogP contribution in [0.2, 0.25) is 10.3 Å². The SMILES string of the molecule is [CH3][Nb]([CH3])([c]1cccc2c1Cc1ccccc1-2)[CH]1C=Cc2ccccc21. The standard InChI is InChI=1S/C13H9.C9H7.2CH3.Nb/c1-3-7-12-10(5-1)9-11-6-2-4-8-13(11)12;1-2-5-9-7-3-6-8(9)4-1;;;/h1-5,7-8H,9H2;1-7H;2*1H3;. The Balaban J connectivity index is 1.65. The molecule has 0 N–H and O–H groups in total. The monoisotopic (exact) mass is 403 g/mol. The van der Waals surface area contributed by atoms with E-state index in [4.69, 9.17) is 0 Å². The number of fused-ring (bicyclic) bond motifs is 4. The van der Waals surface area contributed by atoms with Crippen molar-refractivity contribution in [3.63, 3.8) is 0 Å². The van der Waals surface area contributed by atoms with Crippen LogP contribution in [0.25, 0.3) is 17.2 Å². The zero-order valence-corrected chi connectivity index (χ0v) is 16.9. The van der Waals surface area contributed by atoms with Crippen LogP contribution in [-0.4, -0.2) is 0 Å². The van der Waals surface area contributed by atoms with Crippen molar-refractivity contribution in [1.29, 1.82) is 0 Å². The molecule has 0 aromatic heterocycles. The molecule has 2 aliphatic carbocycles. The Morgan fingerprint density at radius 1 is 0.800 bits per heavy atom. The Morgan fingerprint density at radius 3 is 2.48 bits per heavy atom. The molecule has 25 heavy (non-hydrogen) atoms. The van der Waals surface area contributed by atoms with E-state index >= 15 is 0 Å². The first-order valence-corrected chi connectivity index (χ1v) is 15.7. The molecule has 1 unspecified atom stereocenters. The molecule has 0 saturated carbocycles. The van der Waals surface area contributed by atoms with Gasteiger partial charge in [-0.1, -0.05) is 0 Å². The predicted molar refractivity (Wildman–Crippen MR) is 104 cm³/mol. The van der Waals surface area contributed by atoms with E-state index in [1.807, 2.05) is 0 Å². The van der Waals surface area contributed by atoms with Crippen molar-refractivity contribution < 1.29 is 17.1 Å². The van der Waals surface area contributed by atoms with E-state index in [9.17, 15) is 0 Å². The molecule has 2 aliphatic rings. The molecule has 0 radical (unpaired) electrons. The second-order valence-corrected chi connectivity index (χ2v) is 17.7. The van der Waals surface area contributed by atoms with Crippen molar-refractivity contribution in [2.45, 2.75) is 20.8 Å². The molecule has 5 rings (SSSR count). The van der Waals surface area contributed by atoms with E-state index in [1.165, 1.54) is 22.3 Å². The average Bonchev–Trinajstić information content (AvgIpc) is 3.23. The van der Waals surface area contributed by atoms with Gasteiger partial charge in [0.1, 0.15) is 0 Å². The quantitative estimate of drug-likeness (QED) is 0.366. The normalized spacial score (nSPS) is 17.3. The van der Waals surface area contributed by atoms with Crippen LogP contribution < -0.4 is 3.78 Å². The van der Waals surface area contributed by atoms with Gasteiger partial charge in [0.15, 0.2) is 0 Å². The Bertz CT molecular complexity index is 1010. The van der Waals surface area contributed by atoms with Gasteiger partial charge in [-0.2, -0.15) is 0 Å². The summed E-state index contributed by atoms with van der Waals surface area (Å²) >= 11 is -2.45. The zero-order chi connectivity index (χ0) is 17.0. The molecule has 0 nitrogen and oxygen atoms in total. The minimum absolute atomic E-state index is 0.630. The summed E-state index contributed by atoms with van der Waals surface area (Å²) in [5, 5.41) is 5.21. The number of hydrogen-bond acceptors (Lipinski definition) is 0. The zero-order valence-electron chi connectivity index (χ0n) is 14.7. The van der Waals surface area contributed by atoms with E-state index in [0.717, 1.165) is 6.42 Å². The number of allylic oxidation sites excluding steroid dienone is 1. The second-order valence-electron chi connectivity index (χ2n) is 7.61. The van der Waals surface area contributed by atoms with Gasteiger partial charge in [-0.05, 0) is 0 Å². The maximum absolute atomic E-state index is 2.61. The van der Waals surface area contributed by atoms with Gasteiger partial charge < -0.3 is 0 Å². The van der Waals surface area contributed by atoms with Gasteiger partial charge in [-0.25, -0.2) is 0 Å². The van der Waals surface area contributed by atoms with Crippen LogP contribution >= 0.6 is 0 Å². The predicted octanol–water partition coefficient (Wildman–Crippen LogP) is 5.90. The molecule has 0 aliphatic heterocycles. The molecule has 3 aromatic rings. The van der Waals surface area contributed by atoms with Crippen LogP contribution in [0.4, 0.5) is 0 Å². The third-order valence-corrected chi connectivity index (χ3v) is 14.5. The third kappa shape index (κ3) is 2.25. The summed E-state index contributed by atoms with van der Waals surface area (Å²) in [7, 11) is 0. The van der Waals surface area contributed by atoms with E-state index < -0.39 is 17.1 Å². The Morgan fingerprint density at radius 2 is 1.56 bits per heavy atom. The summed E-state index contributed by atoms with van der Waals surface area (Å²) in [6.07, 6.45) is 5.93. The van der Waals surface area contributed by atoms with Crippen molar-refractivity contribution >= 4 is 9.86 Å². The van der Waals surface area contributed by atoms with Gasteiger partial charge >= 0.3 is 154 Å². The summed E-state index contributed by atoms with van der Waals surface area (Å²) in [6.45, 7) is 0. The molecule has 0 amide bonds. The number of hydrogen-bond donors (Lipinski definition) is 0. The van der Waals surface area contributed by atoms with Crippen LogP contribution in [0.3, 0.4) is 0 Å². The summed E-state index contributed by atoms with van der Waals surface area (Å²) in [4.78, 5) is 0. The van der Waals surface area contributed by atoms with E-state index in [-0.39, 0.29) is 0 Å². The van der Waals surface area contributed by atoms with Gasteiger partial charge in [-0.3, -0.25) is 0 Å². The molecule has 0 bridgehead atoms. The molecular weight excluding hydrogens is 381 g/mol. The molecule has 123 valence electrons. The number of rotatable bonds is 2. The van der Waals surface area contributed by atoms with Gasteiger partial charge in [0.25, 0.3) is 0 Å². The first-order valence-electron chi connectivity index (χ1n) is 8.98. The molecule has 0 spiro atoms. The summed E-state index contributed by atoms with van der Waals surface area (Å²) in [5.74, 6) is 0. The Labute approximate surface area is 153 Å². The first-order chi connectivity index (χ1) is 12.2. The van der Waals surface area contributed by atoms with Gasteiger partial charge in [0.2, 0.25) is 0 Å². The molecule has 1 heteroatoms. The van der Waals surface area contributed by atoms with Crippen LogP contribution in [-0.2, 0) is 23.5 Å². The number of benzene rings is 3. The fraction of sp³-hybridized carbons (Fsp3) is 0.167. The topological polar surface area (TPSA) is 0 Å². The van der Waals surface area contributed by atoms with Gasteiger partial charge in [0.05, 0.1) is 0 Å². The second kappa shape index (κ2) is 5.57.